The lowest BCUT2D eigenvalue weighted by Crippen LogP contribution is -2.28. The summed E-state index contributed by atoms with van der Waals surface area (Å²) >= 11 is 0. The minimum atomic E-state index is -1.26. The van der Waals surface area contributed by atoms with Crippen LogP contribution in [-0.2, 0) is 22.5 Å². The van der Waals surface area contributed by atoms with Crippen LogP contribution >= 0.6 is 0 Å². The lowest BCUT2D eigenvalue weighted by atomic mass is 9.85. The number of benzene rings is 3. The van der Waals surface area contributed by atoms with E-state index in [1.165, 1.54) is 0 Å². The zero-order chi connectivity index (χ0) is 27.4. The van der Waals surface area contributed by atoms with E-state index in [0.29, 0.717) is 51.7 Å². The standard InChI is InChI=1S/C31H33FN2O4/c1-17-15-22-20(8-7-19(27(22)32)16-34(5)6)26(24(17)29(30(35)36)38-31(2,3)4)21-9-10-23-25-18(12-14-37-23)11-13-33-28(21)25/h7-11,13,15,29H,12,14,16H2,1-6H3,(H,35,36)/t29-/m1/s1. The smallest absolute Gasteiger partial charge is 0.337 e. The molecule has 38 heavy (non-hydrogen) atoms. The lowest BCUT2D eigenvalue weighted by molar-refractivity contribution is -0.160. The highest BCUT2D eigenvalue weighted by Crippen LogP contribution is 2.45. The van der Waals surface area contributed by atoms with Gasteiger partial charge in [-0.3, -0.25) is 4.98 Å². The van der Waals surface area contributed by atoms with Crippen LogP contribution in [0.25, 0.3) is 32.8 Å². The molecule has 1 aliphatic rings. The van der Waals surface area contributed by atoms with E-state index in [4.69, 9.17) is 14.5 Å². The van der Waals surface area contributed by atoms with Gasteiger partial charge in [0.1, 0.15) is 11.6 Å². The van der Waals surface area contributed by atoms with Crippen molar-refractivity contribution in [2.45, 2.75) is 52.4 Å². The van der Waals surface area contributed by atoms with Crippen molar-refractivity contribution in [1.82, 2.24) is 9.88 Å². The van der Waals surface area contributed by atoms with Crippen LogP contribution in [0.15, 0.2) is 42.6 Å². The molecular formula is C31H33FN2O4. The fourth-order valence-electron chi connectivity index (χ4n) is 5.41. The van der Waals surface area contributed by atoms with Crippen molar-refractivity contribution < 1.29 is 23.8 Å². The number of nitrogens with zero attached hydrogens (tertiary/aromatic N) is 2. The summed E-state index contributed by atoms with van der Waals surface area (Å²) in [5, 5.41) is 12.3. The van der Waals surface area contributed by atoms with E-state index in [0.717, 1.165) is 28.7 Å². The van der Waals surface area contributed by atoms with Gasteiger partial charge >= 0.3 is 5.97 Å². The topological polar surface area (TPSA) is 71.9 Å². The molecule has 1 N–H and O–H groups in total. The maximum atomic E-state index is 16.0. The Morgan fingerprint density at radius 3 is 2.63 bits per heavy atom. The van der Waals surface area contributed by atoms with Crippen molar-refractivity contribution in [2.24, 2.45) is 0 Å². The Kier molecular flexibility index (Phi) is 6.61. The number of aliphatic carboxylic acids is 1. The molecule has 0 radical (unpaired) electrons. The molecular weight excluding hydrogens is 483 g/mol. The van der Waals surface area contributed by atoms with Crippen molar-refractivity contribution >= 4 is 27.6 Å². The van der Waals surface area contributed by atoms with Crippen molar-refractivity contribution in [1.29, 1.82) is 0 Å². The van der Waals surface area contributed by atoms with E-state index in [1.54, 1.807) is 18.3 Å². The molecule has 0 saturated carbocycles. The zero-order valence-corrected chi connectivity index (χ0v) is 22.7. The van der Waals surface area contributed by atoms with Gasteiger partial charge in [0.05, 0.1) is 17.7 Å². The average molecular weight is 517 g/mol. The molecule has 2 heterocycles. The Morgan fingerprint density at radius 1 is 1.18 bits per heavy atom. The summed E-state index contributed by atoms with van der Waals surface area (Å²) in [6.45, 7) is 8.34. The van der Waals surface area contributed by atoms with E-state index in [1.807, 2.05) is 71.0 Å². The van der Waals surface area contributed by atoms with Gasteiger partial charge in [-0.05, 0) is 88.1 Å². The van der Waals surface area contributed by atoms with Gasteiger partial charge in [-0.2, -0.15) is 0 Å². The maximum Gasteiger partial charge on any atom is 0.337 e. The number of hydrogen-bond acceptors (Lipinski definition) is 5. The van der Waals surface area contributed by atoms with E-state index >= 15 is 4.39 Å². The molecule has 6 nitrogen and oxygen atoms in total. The van der Waals surface area contributed by atoms with Crippen LogP contribution < -0.4 is 4.74 Å². The van der Waals surface area contributed by atoms with Gasteiger partial charge in [-0.25, -0.2) is 9.18 Å². The first-order valence-electron chi connectivity index (χ1n) is 12.8. The second-order valence-electron chi connectivity index (χ2n) is 11.2. The number of fused-ring (bicyclic) bond motifs is 1. The predicted octanol–water partition coefficient (Wildman–Crippen LogP) is 6.44. The summed E-state index contributed by atoms with van der Waals surface area (Å²) < 4.78 is 28.0. The lowest BCUT2D eigenvalue weighted by Gasteiger charge is -2.29. The molecule has 3 aromatic carbocycles. The molecule has 0 bridgehead atoms. The second kappa shape index (κ2) is 9.64. The number of carbonyl (C=O) groups is 1. The normalized spacial score (nSPS) is 14.2. The van der Waals surface area contributed by atoms with Crippen LogP contribution in [0, 0.1) is 12.7 Å². The van der Waals surface area contributed by atoms with E-state index in [9.17, 15) is 9.90 Å². The van der Waals surface area contributed by atoms with E-state index < -0.39 is 17.7 Å². The van der Waals surface area contributed by atoms with Crippen LogP contribution in [-0.4, -0.2) is 47.3 Å². The Balaban J connectivity index is 1.91. The first kappa shape index (κ1) is 26.1. The SMILES string of the molecule is Cc1cc2c(F)c(CN(C)C)ccc2c(-c2ccc3c4c(ccnc24)CCO3)c1[C@@H](OC(C)(C)C)C(=O)O. The van der Waals surface area contributed by atoms with Gasteiger partial charge in [-0.1, -0.05) is 12.1 Å². The molecule has 198 valence electrons. The Bertz CT molecular complexity index is 1560. The van der Waals surface area contributed by atoms with Crippen LogP contribution in [0.3, 0.4) is 0 Å². The zero-order valence-electron chi connectivity index (χ0n) is 22.7. The molecule has 7 heteroatoms. The Morgan fingerprint density at radius 2 is 1.95 bits per heavy atom. The number of carboxylic acid groups (broad SMARTS) is 1. The van der Waals surface area contributed by atoms with Gasteiger partial charge < -0.3 is 19.5 Å². The number of carboxylic acids is 1. The fraction of sp³-hybridized carbons (Fsp3) is 0.355. The highest BCUT2D eigenvalue weighted by Gasteiger charge is 2.33. The molecule has 4 aromatic rings. The Labute approximate surface area is 222 Å². The van der Waals surface area contributed by atoms with Gasteiger partial charge in [0, 0.05) is 46.6 Å². The van der Waals surface area contributed by atoms with Gasteiger partial charge in [-0.15, -0.1) is 0 Å². The molecule has 0 spiro atoms. The third-order valence-electron chi connectivity index (χ3n) is 6.87. The molecule has 0 fully saturated rings. The summed E-state index contributed by atoms with van der Waals surface area (Å²) in [6.07, 6.45) is 1.26. The van der Waals surface area contributed by atoms with Crippen molar-refractivity contribution in [3.8, 4) is 16.9 Å². The summed E-state index contributed by atoms with van der Waals surface area (Å²) in [5.74, 6) is -0.668. The summed E-state index contributed by atoms with van der Waals surface area (Å²) in [6, 6.07) is 11.2. The highest BCUT2D eigenvalue weighted by atomic mass is 19.1. The summed E-state index contributed by atoms with van der Waals surface area (Å²) in [7, 11) is 3.79. The molecule has 5 rings (SSSR count). The number of halogens is 1. The molecule has 0 amide bonds. The maximum absolute atomic E-state index is 16.0. The summed E-state index contributed by atoms with van der Waals surface area (Å²) in [5.41, 5.74) is 4.15. The number of aromatic nitrogens is 1. The van der Waals surface area contributed by atoms with Gasteiger partial charge in [0.2, 0.25) is 0 Å². The average Bonchev–Trinajstić information content (AvgIpc) is 2.84. The largest absolute Gasteiger partial charge is 0.493 e. The first-order valence-corrected chi connectivity index (χ1v) is 12.8. The van der Waals surface area contributed by atoms with Gasteiger partial charge in [0.15, 0.2) is 6.10 Å². The number of aryl methyl sites for hydroxylation is 1. The number of ether oxygens (including phenoxy) is 2. The van der Waals surface area contributed by atoms with Gasteiger partial charge in [0.25, 0.3) is 0 Å². The third kappa shape index (κ3) is 4.61. The third-order valence-corrected chi connectivity index (χ3v) is 6.87. The van der Waals surface area contributed by atoms with Crippen LogP contribution in [0.1, 0.15) is 49.1 Å². The van der Waals surface area contributed by atoms with Crippen molar-refractivity contribution in [3.63, 3.8) is 0 Å². The van der Waals surface area contributed by atoms with Crippen LogP contribution in [0.4, 0.5) is 4.39 Å². The quantitative estimate of drug-likeness (QED) is 0.318. The summed E-state index contributed by atoms with van der Waals surface area (Å²) in [4.78, 5) is 19.3. The van der Waals surface area contributed by atoms with E-state index in [-0.39, 0.29) is 5.82 Å². The van der Waals surface area contributed by atoms with Crippen LogP contribution in [0.5, 0.6) is 5.75 Å². The monoisotopic (exact) mass is 516 g/mol. The van der Waals surface area contributed by atoms with Crippen molar-refractivity contribution in [3.05, 3.63) is 70.7 Å². The molecule has 1 aliphatic heterocycles. The predicted molar refractivity (Wildman–Crippen MR) is 147 cm³/mol. The molecule has 1 atom stereocenters. The van der Waals surface area contributed by atoms with Crippen molar-refractivity contribution in [2.75, 3.05) is 20.7 Å². The molecule has 1 aromatic heterocycles. The fourth-order valence-corrected chi connectivity index (χ4v) is 5.41. The number of pyridine rings is 1. The molecule has 0 aliphatic carbocycles. The number of hydrogen-bond donors (Lipinski definition) is 1. The molecule has 0 saturated heterocycles. The Hall–Kier alpha value is -3.55. The molecule has 0 unspecified atom stereocenters. The minimum Gasteiger partial charge on any atom is -0.493 e. The van der Waals surface area contributed by atoms with Crippen LogP contribution in [0.2, 0.25) is 0 Å². The number of rotatable bonds is 6. The second-order valence-corrected chi connectivity index (χ2v) is 11.2. The van der Waals surface area contributed by atoms with E-state index in [2.05, 4.69) is 0 Å². The minimum absolute atomic E-state index is 0.310. The highest BCUT2D eigenvalue weighted by molar-refractivity contribution is 6.09. The first-order chi connectivity index (χ1) is 18.0.